The molecular weight excluding hydrogens is 178 g/mol. The van der Waals surface area contributed by atoms with Crippen LogP contribution in [0.5, 0.6) is 0 Å². The summed E-state index contributed by atoms with van der Waals surface area (Å²) in [7, 11) is 0. The number of aliphatic carboxylic acids is 1. The van der Waals surface area contributed by atoms with Crippen LogP contribution in [0.2, 0.25) is 0 Å². The standard InChI is InChI=1S/C11H11NO2/c12-10-8-4-2-1-3-7(8)5-6-9(10)11(13)14/h1-6,9-10H,12H2,(H,13,14). The zero-order valence-corrected chi connectivity index (χ0v) is 7.55. The maximum absolute atomic E-state index is 10.8. The third-order valence-corrected chi connectivity index (χ3v) is 2.51. The van der Waals surface area contributed by atoms with Crippen molar-refractivity contribution >= 4 is 12.0 Å². The SMILES string of the molecule is NC1c2ccccc2C=CC1C(=O)O. The van der Waals surface area contributed by atoms with E-state index in [0.717, 1.165) is 11.1 Å². The molecule has 2 atom stereocenters. The second kappa shape index (κ2) is 3.27. The molecule has 0 aliphatic heterocycles. The predicted octanol–water partition coefficient (Wildman–Crippen LogP) is 1.41. The van der Waals surface area contributed by atoms with Gasteiger partial charge in [-0.2, -0.15) is 0 Å². The molecule has 2 unspecified atom stereocenters. The van der Waals surface area contributed by atoms with Gasteiger partial charge in [0.05, 0.1) is 5.92 Å². The van der Waals surface area contributed by atoms with E-state index in [4.69, 9.17) is 10.8 Å². The zero-order valence-electron chi connectivity index (χ0n) is 7.55. The number of carbonyl (C=O) groups is 1. The number of hydrogen-bond donors (Lipinski definition) is 2. The van der Waals surface area contributed by atoms with Crippen molar-refractivity contribution in [3.05, 3.63) is 41.5 Å². The quantitative estimate of drug-likeness (QED) is 0.702. The summed E-state index contributed by atoms with van der Waals surface area (Å²) in [6.45, 7) is 0. The Labute approximate surface area is 81.9 Å². The molecule has 0 saturated heterocycles. The first kappa shape index (κ1) is 8.97. The van der Waals surface area contributed by atoms with Crippen molar-refractivity contribution in [2.75, 3.05) is 0 Å². The van der Waals surface area contributed by atoms with E-state index in [1.807, 2.05) is 30.3 Å². The monoisotopic (exact) mass is 189 g/mol. The van der Waals surface area contributed by atoms with E-state index < -0.39 is 17.9 Å². The number of carboxylic acid groups (broad SMARTS) is 1. The van der Waals surface area contributed by atoms with Crippen LogP contribution < -0.4 is 5.73 Å². The average Bonchev–Trinajstić information content (AvgIpc) is 2.18. The fourth-order valence-corrected chi connectivity index (χ4v) is 1.72. The summed E-state index contributed by atoms with van der Waals surface area (Å²) in [6, 6.07) is 7.16. The Morgan fingerprint density at radius 3 is 2.79 bits per heavy atom. The molecule has 0 aromatic heterocycles. The Morgan fingerprint density at radius 2 is 2.07 bits per heavy atom. The molecule has 14 heavy (non-hydrogen) atoms. The van der Waals surface area contributed by atoms with Crippen LogP contribution in [0.15, 0.2) is 30.3 Å². The van der Waals surface area contributed by atoms with Gasteiger partial charge in [-0.3, -0.25) is 4.79 Å². The molecule has 2 rings (SSSR count). The van der Waals surface area contributed by atoms with Crippen molar-refractivity contribution in [1.29, 1.82) is 0 Å². The topological polar surface area (TPSA) is 63.3 Å². The van der Waals surface area contributed by atoms with Gasteiger partial charge in [-0.1, -0.05) is 36.4 Å². The maximum Gasteiger partial charge on any atom is 0.312 e. The lowest BCUT2D eigenvalue weighted by molar-refractivity contribution is -0.140. The second-order valence-corrected chi connectivity index (χ2v) is 3.38. The van der Waals surface area contributed by atoms with Gasteiger partial charge in [0, 0.05) is 6.04 Å². The first-order chi connectivity index (χ1) is 6.70. The Bertz CT molecular complexity index is 398. The van der Waals surface area contributed by atoms with Crippen molar-refractivity contribution < 1.29 is 9.90 Å². The number of benzene rings is 1. The van der Waals surface area contributed by atoms with E-state index in [-0.39, 0.29) is 0 Å². The highest BCUT2D eigenvalue weighted by atomic mass is 16.4. The number of carboxylic acids is 1. The third-order valence-electron chi connectivity index (χ3n) is 2.51. The van der Waals surface area contributed by atoms with E-state index in [0.29, 0.717) is 0 Å². The largest absolute Gasteiger partial charge is 0.481 e. The number of rotatable bonds is 1. The normalized spacial score (nSPS) is 24.4. The van der Waals surface area contributed by atoms with Crippen molar-refractivity contribution in [3.63, 3.8) is 0 Å². The van der Waals surface area contributed by atoms with E-state index in [1.54, 1.807) is 6.08 Å². The molecule has 0 saturated carbocycles. The van der Waals surface area contributed by atoms with Gasteiger partial charge in [-0.25, -0.2) is 0 Å². The Balaban J connectivity index is 2.44. The summed E-state index contributed by atoms with van der Waals surface area (Å²) in [5.41, 5.74) is 7.78. The molecule has 0 fully saturated rings. The summed E-state index contributed by atoms with van der Waals surface area (Å²) >= 11 is 0. The van der Waals surface area contributed by atoms with Gasteiger partial charge in [0.2, 0.25) is 0 Å². The molecule has 0 spiro atoms. The Hall–Kier alpha value is -1.61. The molecule has 3 heteroatoms. The van der Waals surface area contributed by atoms with E-state index in [2.05, 4.69) is 0 Å². The minimum absolute atomic E-state index is 0.436. The van der Waals surface area contributed by atoms with Crippen molar-refractivity contribution in [1.82, 2.24) is 0 Å². The van der Waals surface area contributed by atoms with Crippen LogP contribution in [0, 0.1) is 5.92 Å². The third kappa shape index (κ3) is 1.32. The van der Waals surface area contributed by atoms with Crippen LogP contribution in [0.4, 0.5) is 0 Å². The van der Waals surface area contributed by atoms with Gasteiger partial charge in [0.1, 0.15) is 0 Å². The van der Waals surface area contributed by atoms with Crippen molar-refractivity contribution in [3.8, 4) is 0 Å². The lowest BCUT2D eigenvalue weighted by atomic mass is 9.85. The summed E-state index contributed by atoms with van der Waals surface area (Å²) in [5, 5.41) is 8.90. The summed E-state index contributed by atoms with van der Waals surface area (Å²) < 4.78 is 0. The van der Waals surface area contributed by atoms with Crippen molar-refractivity contribution in [2.45, 2.75) is 6.04 Å². The Morgan fingerprint density at radius 1 is 1.36 bits per heavy atom. The van der Waals surface area contributed by atoms with Crippen LogP contribution in [0.1, 0.15) is 17.2 Å². The van der Waals surface area contributed by atoms with Gasteiger partial charge in [0.15, 0.2) is 0 Å². The molecule has 3 N–H and O–H groups in total. The summed E-state index contributed by atoms with van der Waals surface area (Å²) in [6.07, 6.45) is 3.47. The number of nitrogens with two attached hydrogens (primary N) is 1. The highest BCUT2D eigenvalue weighted by Crippen LogP contribution is 2.30. The highest BCUT2D eigenvalue weighted by molar-refractivity contribution is 5.77. The van der Waals surface area contributed by atoms with Gasteiger partial charge < -0.3 is 10.8 Å². The van der Waals surface area contributed by atoms with E-state index in [1.165, 1.54) is 0 Å². The summed E-state index contributed by atoms with van der Waals surface area (Å²) in [4.78, 5) is 10.8. The van der Waals surface area contributed by atoms with Gasteiger partial charge in [-0.05, 0) is 11.1 Å². The lowest BCUT2D eigenvalue weighted by Gasteiger charge is -2.23. The minimum atomic E-state index is -0.872. The van der Waals surface area contributed by atoms with E-state index >= 15 is 0 Å². The zero-order chi connectivity index (χ0) is 10.1. The Kier molecular flexibility index (Phi) is 2.09. The molecule has 3 nitrogen and oxygen atoms in total. The number of hydrogen-bond acceptors (Lipinski definition) is 2. The minimum Gasteiger partial charge on any atom is -0.481 e. The fraction of sp³-hybridized carbons (Fsp3) is 0.182. The van der Waals surface area contributed by atoms with Crippen molar-refractivity contribution in [2.24, 2.45) is 11.7 Å². The molecular formula is C11H11NO2. The molecule has 0 amide bonds. The van der Waals surface area contributed by atoms with Crippen LogP contribution in [-0.4, -0.2) is 11.1 Å². The molecule has 1 aliphatic rings. The molecule has 0 heterocycles. The van der Waals surface area contributed by atoms with Crippen LogP contribution in [-0.2, 0) is 4.79 Å². The van der Waals surface area contributed by atoms with Crippen LogP contribution >= 0.6 is 0 Å². The lowest BCUT2D eigenvalue weighted by Crippen LogP contribution is -2.28. The first-order valence-electron chi connectivity index (χ1n) is 4.45. The molecule has 72 valence electrons. The highest BCUT2D eigenvalue weighted by Gasteiger charge is 2.27. The molecule has 0 bridgehead atoms. The molecule has 1 aromatic carbocycles. The van der Waals surface area contributed by atoms with Gasteiger partial charge in [0.25, 0.3) is 0 Å². The second-order valence-electron chi connectivity index (χ2n) is 3.38. The maximum atomic E-state index is 10.8. The molecule has 1 aromatic rings. The average molecular weight is 189 g/mol. The van der Waals surface area contributed by atoms with Gasteiger partial charge in [-0.15, -0.1) is 0 Å². The van der Waals surface area contributed by atoms with E-state index in [9.17, 15) is 4.79 Å². The first-order valence-corrected chi connectivity index (χ1v) is 4.45. The fourth-order valence-electron chi connectivity index (χ4n) is 1.72. The molecule has 0 radical (unpaired) electrons. The molecule has 1 aliphatic carbocycles. The predicted molar refractivity (Wildman–Crippen MR) is 53.5 cm³/mol. The van der Waals surface area contributed by atoms with Crippen LogP contribution in [0.25, 0.3) is 6.08 Å². The summed E-state index contributed by atoms with van der Waals surface area (Å²) in [5.74, 6) is -1.48. The number of fused-ring (bicyclic) bond motifs is 1. The van der Waals surface area contributed by atoms with Gasteiger partial charge >= 0.3 is 5.97 Å². The smallest absolute Gasteiger partial charge is 0.312 e. The van der Waals surface area contributed by atoms with Crippen LogP contribution in [0.3, 0.4) is 0 Å².